The van der Waals surface area contributed by atoms with E-state index in [0.717, 1.165) is 6.42 Å². The Labute approximate surface area is 93.9 Å². The third-order valence-corrected chi connectivity index (χ3v) is 2.85. The number of pyridine rings is 1. The fourth-order valence-electron chi connectivity index (χ4n) is 2.00. The molecule has 1 aliphatic rings. The van der Waals surface area contributed by atoms with Gasteiger partial charge in [-0.05, 0) is 43.7 Å². The molecule has 0 fully saturated rings. The lowest BCUT2D eigenvalue weighted by molar-refractivity contribution is 0.708. The second-order valence-electron chi connectivity index (χ2n) is 3.82. The van der Waals surface area contributed by atoms with E-state index < -0.39 is 0 Å². The maximum atomic E-state index is 4.69. The van der Waals surface area contributed by atoms with Crippen LogP contribution in [0.4, 0.5) is 0 Å². The third-order valence-electron chi connectivity index (χ3n) is 2.85. The molecule has 1 heterocycles. The van der Waals surface area contributed by atoms with Crippen molar-refractivity contribution in [2.24, 2.45) is 0 Å². The molecule has 1 nitrogen and oxygen atoms in total. The largest absolute Gasteiger partial charge is 0.258 e. The van der Waals surface area contributed by atoms with Gasteiger partial charge in [-0.1, -0.05) is 33.3 Å². The van der Waals surface area contributed by atoms with E-state index in [1.165, 1.54) is 49.1 Å². The van der Waals surface area contributed by atoms with Crippen molar-refractivity contribution in [1.82, 2.24) is 4.98 Å². The van der Waals surface area contributed by atoms with E-state index in [1.807, 2.05) is 13.8 Å². The van der Waals surface area contributed by atoms with E-state index in [2.05, 4.69) is 19.1 Å². The summed E-state index contributed by atoms with van der Waals surface area (Å²) in [6.07, 6.45) is 7.55. The van der Waals surface area contributed by atoms with E-state index in [0.29, 0.717) is 0 Å². The maximum Gasteiger partial charge on any atom is 0.0438 e. The number of hydrogen-bond acceptors (Lipinski definition) is 1. The quantitative estimate of drug-likeness (QED) is 0.633. The summed E-state index contributed by atoms with van der Waals surface area (Å²) in [5.41, 5.74) is 4.12. The van der Waals surface area contributed by atoms with E-state index >= 15 is 0 Å². The van der Waals surface area contributed by atoms with Crippen LogP contribution in [0.3, 0.4) is 0 Å². The fourth-order valence-corrected chi connectivity index (χ4v) is 2.00. The standard InChI is InChI=1S/C12H17N.C2H6/c1-2-11-9-8-10-6-4-3-5-7-12(10)13-11;1-2/h8-9H,2-7H2,1H3;1-2H3. The molecule has 0 amide bonds. The molecule has 1 heteroatoms. The molecule has 0 bridgehead atoms. The highest BCUT2D eigenvalue weighted by Crippen LogP contribution is 2.19. The molecule has 0 saturated carbocycles. The Morgan fingerprint density at radius 2 is 1.80 bits per heavy atom. The Hall–Kier alpha value is -0.850. The van der Waals surface area contributed by atoms with Crippen molar-refractivity contribution in [2.75, 3.05) is 0 Å². The van der Waals surface area contributed by atoms with Gasteiger partial charge < -0.3 is 0 Å². The molecule has 15 heavy (non-hydrogen) atoms. The van der Waals surface area contributed by atoms with Gasteiger partial charge in [-0.3, -0.25) is 4.98 Å². The van der Waals surface area contributed by atoms with Crippen LogP contribution in [0.25, 0.3) is 0 Å². The zero-order chi connectivity index (χ0) is 11.1. The highest BCUT2D eigenvalue weighted by atomic mass is 14.7. The molecule has 2 rings (SSSR count). The van der Waals surface area contributed by atoms with E-state index in [4.69, 9.17) is 4.98 Å². The SMILES string of the molecule is CC.CCc1ccc2c(n1)CCCCC2. The van der Waals surface area contributed by atoms with Crippen LogP contribution >= 0.6 is 0 Å². The summed E-state index contributed by atoms with van der Waals surface area (Å²) in [7, 11) is 0. The van der Waals surface area contributed by atoms with Crippen molar-refractivity contribution >= 4 is 0 Å². The highest BCUT2D eigenvalue weighted by molar-refractivity contribution is 5.24. The Morgan fingerprint density at radius 3 is 2.53 bits per heavy atom. The lowest BCUT2D eigenvalue weighted by Gasteiger charge is -2.05. The van der Waals surface area contributed by atoms with Gasteiger partial charge in [-0.2, -0.15) is 0 Å². The van der Waals surface area contributed by atoms with E-state index in [9.17, 15) is 0 Å². The highest BCUT2D eigenvalue weighted by Gasteiger charge is 2.08. The van der Waals surface area contributed by atoms with Gasteiger partial charge in [0.15, 0.2) is 0 Å². The van der Waals surface area contributed by atoms with Crippen LogP contribution in [0, 0.1) is 0 Å². The summed E-state index contributed by atoms with van der Waals surface area (Å²) in [4.78, 5) is 4.69. The molecule has 0 aliphatic heterocycles. The van der Waals surface area contributed by atoms with Crippen molar-refractivity contribution in [1.29, 1.82) is 0 Å². The van der Waals surface area contributed by atoms with Crippen LogP contribution in [0.2, 0.25) is 0 Å². The summed E-state index contributed by atoms with van der Waals surface area (Å²) >= 11 is 0. The minimum atomic E-state index is 1.06. The average Bonchev–Trinajstić information content (AvgIpc) is 2.55. The molecule has 1 aromatic rings. The second-order valence-corrected chi connectivity index (χ2v) is 3.82. The zero-order valence-corrected chi connectivity index (χ0v) is 10.3. The fraction of sp³-hybridized carbons (Fsp3) is 0.643. The summed E-state index contributed by atoms with van der Waals surface area (Å²) in [6, 6.07) is 4.47. The van der Waals surface area contributed by atoms with Gasteiger partial charge in [-0.25, -0.2) is 0 Å². The first-order chi connectivity index (χ1) is 7.40. The van der Waals surface area contributed by atoms with Crippen LogP contribution in [-0.4, -0.2) is 4.98 Å². The first-order valence-corrected chi connectivity index (χ1v) is 6.38. The van der Waals surface area contributed by atoms with E-state index in [1.54, 1.807) is 0 Å². The number of aromatic nitrogens is 1. The molecule has 0 spiro atoms. The maximum absolute atomic E-state index is 4.69. The first-order valence-electron chi connectivity index (χ1n) is 6.38. The Morgan fingerprint density at radius 1 is 1.07 bits per heavy atom. The van der Waals surface area contributed by atoms with Gasteiger partial charge in [0.2, 0.25) is 0 Å². The van der Waals surface area contributed by atoms with E-state index in [-0.39, 0.29) is 0 Å². The minimum Gasteiger partial charge on any atom is -0.258 e. The number of rotatable bonds is 1. The molecular weight excluding hydrogens is 182 g/mol. The van der Waals surface area contributed by atoms with Crippen molar-refractivity contribution in [2.45, 2.75) is 59.3 Å². The van der Waals surface area contributed by atoms with Crippen LogP contribution in [0.15, 0.2) is 12.1 Å². The van der Waals surface area contributed by atoms with Crippen molar-refractivity contribution < 1.29 is 0 Å². The molecule has 0 radical (unpaired) electrons. The van der Waals surface area contributed by atoms with Crippen LogP contribution in [-0.2, 0) is 19.3 Å². The summed E-state index contributed by atoms with van der Waals surface area (Å²) in [5.74, 6) is 0. The number of fused-ring (bicyclic) bond motifs is 1. The smallest absolute Gasteiger partial charge is 0.0438 e. The normalized spacial score (nSPS) is 14.6. The van der Waals surface area contributed by atoms with Gasteiger partial charge in [-0.15, -0.1) is 0 Å². The molecule has 0 N–H and O–H groups in total. The molecule has 0 saturated heterocycles. The summed E-state index contributed by atoms with van der Waals surface area (Å²) < 4.78 is 0. The Kier molecular flexibility index (Phi) is 5.38. The van der Waals surface area contributed by atoms with Crippen molar-refractivity contribution in [3.05, 3.63) is 29.1 Å². The summed E-state index contributed by atoms with van der Waals surface area (Å²) in [6.45, 7) is 6.17. The predicted octanol–water partition coefficient (Wildman–Crippen LogP) is 3.94. The van der Waals surface area contributed by atoms with Gasteiger partial charge in [0, 0.05) is 11.4 Å². The van der Waals surface area contributed by atoms with Gasteiger partial charge in [0.25, 0.3) is 0 Å². The third kappa shape index (κ3) is 3.33. The zero-order valence-electron chi connectivity index (χ0n) is 10.3. The first kappa shape index (κ1) is 12.2. The minimum absolute atomic E-state index is 1.06. The molecule has 84 valence electrons. The van der Waals surface area contributed by atoms with Crippen LogP contribution in [0.5, 0.6) is 0 Å². The molecular formula is C14H23N. The number of nitrogens with zero attached hydrogens (tertiary/aromatic N) is 1. The Balaban J connectivity index is 0.000000531. The Bertz CT molecular complexity index is 291. The van der Waals surface area contributed by atoms with Gasteiger partial charge in [0.05, 0.1) is 0 Å². The summed E-state index contributed by atoms with van der Waals surface area (Å²) in [5, 5.41) is 0. The lowest BCUT2D eigenvalue weighted by atomic mass is 10.1. The molecule has 1 aromatic heterocycles. The lowest BCUT2D eigenvalue weighted by Crippen LogP contribution is -1.98. The number of aryl methyl sites for hydroxylation is 3. The molecule has 0 atom stereocenters. The van der Waals surface area contributed by atoms with Gasteiger partial charge >= 0.3 is 0 Å². The molecule has 1 aliphatic carbocycles. The molecule has 0 unspecified atom stereocenters. The number of hydrogen-bond donors (Lipinski definition) is 0. The predicted molar refractivity (Wildman–Crippen MR) is 66.2 cm³/mol. The topological polar surface area (TPSA) is 12.9 Å². The van der Waals surface area contributed by atoms with Crippen molar-refractivity contribution in [3.63, 3.8) is 0 Å². The van der Waals surface area contributed by atoms with Crippen LogP contribution in [0.1, 0.15) is 57.0 Å². The van der Waals surface area contributed by atoms with Gasteiger partial charge in [0.1, 0.15) is 0 Å². The van der Waals surface area contributed by atoms with Crippen molar-refractivity contribution in [3.8, 4) is 0 Å². The van der Waals surface area contributed by atoms with Crippen LogP contribution < -0.4 is 0 Å². The monoisotopic (exact) mass is 205 g/mol. The molecule has 0 aromatic carbocycles. The average molecular weight is 205 g/mol. The second kappa shape index (κ2) is 6.60.